The quantitative estimate of drug-likeness (QED) is 0.767. The molecule has 23 heavy (non-hydrogen) atoms. The van der Waals surface area contributed by atoms with Gasteiger partial charge >= 0.3 is 6.09 Å². The highest BCUT2D eigenvalue weighted by atomic mass is 35.5. The van der Waals surface area contributed by atoms with Crippen molar-refractivity contribution in [3.63, 3.8) is 0 Å². The van der Waals surface area contributed by atoms with Crippen molar-refractivity contribution >= 4 is 23.4 Å². The molecule has 0 saturated carbocycles. The summed E-state index contributed by atoms with van der Waals surface area (Å²) in [5.41, 5.74) is 2.02. The number of pyridine rings is 1. The summed E-state index contributed by atoms with van der Waals surface area (Å²) in [5, 5.41) is 3.03. The molecule has 1 aromatic carbocycles. The van der Waals surface area contributed by atoms with Crippen LogP contribution in [0.25, 0.3) is 11.1 Å². The predicted molar refractivity (Wildman–Crippen MR) is 89.2 cm³/mol. The maximum atomic E-state index is 13.3. The fourth-order valence-corrected chi connectivity index (χ4v) is 2.18. The Morgan fingerprint density at radius 2 is 2.00 bits per heavy atom. The number of nitrogens with zero attached hydrogens (tertiary/aromatic N) is 1. The first-order valence-electron chi connectivity index (χ1n) is 7.08. The molecule has 0 aliphatic heterocycles. The summed E-state index contributed by atoms with van der Waals surface area (Å²) in [6, 6.07) is 6.59. The van der Waals surface area contributed by atoms with Crippen LogP contribution in [0.5, 0.6) is 0 Å². The lowest BCUT2D eigenvalue weighted by Gasteiger charge is -2.20. The van der Waals surface area contributed by atoms with Crippen molar-refractivity contribution in [3.05, 3.63) is 47.0 Å². The topological polar surface area (TPSA) is 51.2 Å². The number of halogens is 2. The standard InChI is InChI=1S/C17H18ClFN2O2/c1-10-5-6-11(12-8-15(19)20-9-13(12)18)7-14(10)21-16(22)23-17(2,3)4/h5-9H,1-4H3,(H,21,22). The summed E-state index contributed by atoms with van der Waals surface area (Å²) in [6.45, 7) is 7.21. The number of aromatic nitrogens is 1. The molecule has 6 heteroatoms. The van der Waals surface area contributed by atoms with E-state index in [1.54, 1.807) is 32.9 Å². The number of amides is 1. The highest BCUT2D eigenvalue weighted by Crippen LogP contribution is 2.31. The number of nitrogens with one attached hydrogen (secondary N) is 1. The van der Waals surface area contributed by atoms with Crippen molar-refractivity contribution in [3.8, 4) is 11.1 Å². The van der Waals surface area contributed by atoms with Crippen molar-refractivity contribution in [2.24, 2.45) is 0 Å². The van der Waals surface area contributed by atoms with E-state index < -0.39 is 17.6 Å². The van der Waals surface area contributed by atoms with Gasteiger partial charge in [0.15, 0.2) is 0 Å². The number of benzene rings is 1. The Balaban J connectivity index is 2.32. The molecular weight excluding hydrogens is 319 g/mol. The molecule has 0 unspecified atom stereocenters. The van der Waals surface area contributed by atoms with Crippen LogP contribution in [-0.4, -0.2) is 16.7 Å². The highest BCUT2D eigenvalue weighted by molar-refractivity contribution is 6.33. The minimum atomic E-state index is -0.619. The van der Waals surface area contributed by atoms with Crippen molar-refractivity contribution in [1.29, 1.82) is 0 Å². The number of aryl methyl sites for hydroxylation is 1. The number of hydrogen-bond acceptors (Lipinski definition) is 3. The fourth-order valence-electron chi connectivity index (χ4n) is 1.97. The van der Waals surface area contributed by atoms with E-state index >= 15 is 0 Å². The van der Waals surface area contributed by atoms with Crippen molar-refractivity contribution in [2.75, 3.05) is 5.32 Å². The van der Waals surface area contributed by atoms with Crippen LogP contribution in [0, 0.1) is 12.9 Å². The molecule has 2 aromatic rings. The molecule has 1 amide bonds. The third-order valence-electron chi connectivity index (χ3n) is 3.01. The summed E-state index contributed by atoms with van der Waals surface area (Å²) < 4.78 is 18.6. The Morgan fingerprint density at radius 3 is 2.65 bits per heavy atom. The molecule has 4 nitrogen and oxygen atoms in total. The normalized spacial score (nSPS) is 11.2. The number of hydrogen-bond donors (Lipinski definition) is 1. The summed E-state index contributed by atoms with van der Waals surface area (Å²) in [5.74, 6) is -0.619. The first-order chi connectivity index (χ1) is 10.7. The van der Waals surface area contributed by atoms with E-state index in [-0.39, 0.29) is 0 Å². The zero-order valence-electron chi connectivity index (χ0n) is 13.4. The van der Waals surface area contributed by atoms with Crippen LogP contribution >= 0.6 is 11.6 Å². The summed E-state index contributed by atoms with van der Waals surface area (Å²) >= 11 is 6.07. The van der Waals surface area contributed by atoms with Gasteiger partial charge in [0.05, 0.1) is 5.02 Å². The highest BCUT2D eigenvalue weighted by Gasteiger charge is 2.17. The van der Waals surface area contributed by atoms with Gasteiger partial charge in [0.2, 0.25) is 5.95 Å². The molecule has 1 heterocycles. The van der Waals surface area contributed by atoms with Crippen LogP contribution in [0.3, 0.4) is 0 Å². The molecule has 0 saturated heterocycles. The molecular formula is C17H18ClFN2O2. The van der Waals surface area contributed by atoms with E-state index in [0.717, 1.165) is 5.56 Å². The largest absolute Gasteiger partial charge is 0.444 e. The van der Waals surface area contributed by atoms with Gasteiger partial charge in [-0.3, -0.25) is 5.32 Å². The zero-order valence-corrected chi connectivity index (χ0v) is 14.2. The van der Waals surface area contributed by atoms with E-state index in [2.05, 4.69) is 10.3 Å². The maximum absolute atomic E-state index is 13.3. The van der Waals surface area contributed by atoms with Crippen LogP contribution in [-0.2, 0) is 4.74 Å². The molecule has 0 spiro atoms. The van der Waals surface area contributed by atoms with E-state index in [9.17, 15) is 9.18 Å². The van der Waals surface area contributed by atoms with Crippen LogP contribution in [0.15, 0.2) is 30.5 Å². The van der Waals surface area contributed by atoms with Crippen LogP contribution in [0.4, 0.5) is 14.9 Å². The van der Waals surface area contributed by atoms with E-state index in [1.807, 2.05) is 13.0 Å². The molecule has 0 bridgehead atoms. The lowest BCUT2D eigenvalue weighted by molar-refractivity contribution is 0.0636. The Labute approximate surface area is 139 Å². The van der Waals surface area contributed by atoms with Gasteiger partial charge in [-0.2, -0.15) is 4.39 Å². The number of rotatable bonds is 2. The molecule has 0 atom stereocenters. The van der Waals surface area contributed by atoms with E-state index in [0.29, 0.717) is 21.8 Å². The molecule has 0 aliphatic rings. The third kappa shape index (κ3) is 4.66. The second-order valence-electron chi connectivity index (χ2n) is 6.14. The minimum absolute atomic E-state index is 0.332. The number of anilines is 1. The summed E-state index contributed by atoms with van der Waals surface area (Å²) in [4.78, 5) is 15.4. The molecule has 2 rings (SSSR count). The Kier molecular flexibility index (Phi) is 4.90. The van der Waals surface area contributed by atoms with Gasteiger partial charge in [-0.05, 0) is 44.9 Å². The molecule has 0 fully saturated rings. The number of carbonyl (C=O) groups is 1. The molecule has 0 aliphatic carbocycles. The molecule has 0 radical (unpaired) electrons. The average molecular weight is 337 g/mol. The second kappa shape index (κ2) is 6.54. The second-order valence-corrected chi connectivity index (χ2v) is 6.55. The first-order valence-corrected chi connectivity index (χ1v) is 7.45. The van der Waals surface area contributed by atoms with Gasteiger partial charge in [0.25, 0.3) is 0 Å². The first kappa shape index (κ1) is 17.2. The van der Waals surface area contributed by atoms with Gasteiger partial charge in [-0.15, -0.1) is 0 Å². The molecule has 1 aromatic heterocycles. The monoisotopic (exact) mass is 336 g/mol. The van der Waals surface area contributed by atoms with Gasteiger partial charge in [-0.1, -0.05) is 23.7 Å². The van der Waals surface area contributed by atoms with Gasteiger partial charge in [0.1, 0.15) is 5.60 Å². The van der Waals surface area contributed by atoms with Crippen molar-refractivity contribution < 1.29 is 13.9 Å². The van der Waals surface area contributed by atoms with Crippen molar-refractivity contribution in [1.82, 2.24) is 4.98 Å². The Morgan fingerprint density at radius 1 is 1.30 bits per heavy atom. The Hall–Kier alpha value is -2.14. The maximum Gasteiger partial charge on any atom is 0.412 e. The Bertz CT molecular complexity index is 742. The third-order valence-corrected chi connectivity index (χ3v) is 3.31. The van der Waals surface area contributed by atoms with E-state index in [4.69, 9.17) is 16.3 Å². The summed E-state index contributed by atoms with van der Waals surface area (Å²) in [7, 11) is 0. The van der Waals surface area contributed by atoms with Crippen molar-refractivity contribution in [2.45, 2.75) is 33.3 Å². The number of ether oxygens (including phenoxy) is 1. The zero-order chi connectivity index (χ0) is 17.2. The van der Waals surface area contributed by atoms with Crippen LogP contribution in [0.1, 0.15) is 26.3 Å². The van der Waals surface area contributed by atoms with Gasteiger partial charge < -0.3 is 4.74 Å². The average Bonchev–Trinajstić information content (AvgIpc) is 2.42. The van der Waals surface area contributed by atoms with Gasteiger partial charge in [0, 0.05) is 23.5 Å². The minimum Gasteiger partial charge on any atom is -0.444 e. The fraction of sp³-hybridized carbons (Fsp3) is 0.294. The summed E-state index contributed by atoms with van der Waals surface area (Å²) in [6.07, 6.45) is 0.706. The predicted octanol–water partition coefficient (Wildman–Crippen LogP) is 5.20. The van der Waals surface area contributed by atoms with Gasteiger partial charge in [-0.25, -0.2) is 9.78 Å². The SMILES string of the molecule is Cc1ccc(-c2cc(F)ncc2Cl)cc1NC(=O)OC(C)(C)C. The molecule has 1 N–H and O–H groups in total. The molecule has 122 valence electrons. The lowest BCUT2D eigenvalue weighted by atomic mass is 10.0. The lowest BCUT2D eigenvalue weighted by Crippen LogP contribution is -2.27. The van der Waals surface area contributed by atoms with Crippen LogP contribution < -0.4 is 5.32 Å². The number of carbonyl (C=O) groups excluding carboxylic acids is 1. The van der Waals surface area contributed by atoms with Crippen LogP contribution in [0.2, 0.25) is 5.02 Å². The smallest absolute Gasteiger partial charge is 0.412 e. The van der Waals surface area contributed by atoms with E-state index in [1.165, 1.54) is 12.3 Å².